The molecule has 0 radical (unpaired) electrons. The van der Waals surface area contributed by atoms with Crippen LogP contribution in [-0.4, -0.2) is 42.1 Å². The molecule has 1 fully saturated rings. The van der Waals surface area contributed by atoms with Crippen LogP contribution in [-0.2, 0) is 6.54 Å². The summed E-state index contributed by atoms with van der Waals surface area (Å²) in [6, 6.07) is 9.06. The van der Waals surface area contributed by atoms with Crippen molar-refractivity contribution in [3.8, 4) is 0 Å². The summed E-state index contributed by atoms with van der Waals surface area (Å²) in [5.41, 5.74) is 4.29. The van der Waals surface area contributed by atoms with Crippen LogP contribution in [0.3, 0.4) is 0 Å². The quantitative estimate of drug-likeness (QED) is 0.352. The van der Waals surface area contributed by atoms with Crippen LogP contribution < -0.4 is 5.32 Å². The first-order chi connectivity index (χ1) is 15.7. The van der Waals surface area contributed by atoms with Gasteiger partial charge in [-0.2, -0.15) is 0 Å². The third kappa shape index (κ3) is 6.92. The Labute approximate surface area is 192 Å². The number of nitrogens with one attached hydrogen (secondary N) is 2. The number of aliphatic imine (C=N–C) groups is 2. The van der Waals surface area contributed by atoms with Crippen LogP contribution in [0.5, 0.6) is 0 Å². The molecule has 5 nitrogen and oxygen atoms in total. The maximum absolute atomic E-state index is 4.81. The van der Waals surface area contributed by atoms with Gasteiger partial charge in [0.25, 0.3) is 0 Å². The summed E-state index contributed by atoms with van der Waals surface area (Å²) in [5.74, 6) is 0. The SMILES string of the molecule is C=C/C=C(\C=C/N(C)Cc1cccc2[nH]ccc12)C(/C=C\N=C)=NCNC1CCCCC1. The number of H-pyrrole nitrogens is 1. The van der Waals surface area contributed by atoms with Gasteiger partial charge in [-0.25, -0.2) is 0 Å². The topological polar surface area (TPSA) is 55.8 Å². The maximum atomic E-state index is 4.81. The van der Waals surface area contributed by atoms with Gasteiger partial charge in [0.05, 0.1) is 12.4 Å². The smallest absolute Gasteiger partial charge is 0.0894 e. The molecule has 5 heteroatoms. The molecule has 0 unspecified atom stereocenters. The van der Waals surface area contributed by atoms with Crippen LogP contribution in [0.25, 0.3) is 10.9 Å². The van der Waals surface area contributed by atoms with Crippen LogP contribution in [0.1, 0.15) is 37.7 Å². The summed E-state index contributed by atoms with van der Waals surface area (Å²) in [7, 11) is 2.08. The van der Waals surface area contributed by atoms with E-state index >= 15 is 0 Å². The van der Waals surface area contributed by atoms with Crippen molar-refractivity contribution in [2.24, 2.45) is 9.98 Å². The van der Waals surface area contributed by atoms with E-state index in [0.717, 1.165) is 23.3 Å². The second-order valence-corrected chi connectivity index (χ2v) is 8.18. The van der Waals surface area contributed by atoms with Gasteiger partial charge >= 0.3 is 0 Å². The van der Waals surface area contributed by atoms with Crippen LogP contribution >= 0.6 is 0 Å². The normalized spacial score (nSPS) is 16.3. The Kier molecular flexibility index (Phi) is 9.26. The van der Waals surface area contributed by atoms with E-state index in [1.54, 1.807) is 12.3 Å². The van der Waals surface area contributed by atoms with Crippen LogP contribution in [0.15, 0.2) is 89.3 Å². The molecule has 3 rings (SSSR count). The fourth-order valence-electron chi connectivity index (χ4n) is 4.10. The van der Waals surface area contributed by atoms with Gasteiger partial charge in [-0.15, -0.1) is 0 Å². The highest BCUT2D eigenvalue weighted by molar-refractivity contribution is 6.10. The molecule has 0 saturated heterocycles. The van der Waals surface area contributed by atoms with Gasteiger partial charge in [-0.1, -0.05) is 50.1 Å². The van der Waals surface area contributed by atoms with Crippen molar-refractivity contribution in [3.63, 3.8) is 0 Å². The molecule has 1 aliphatic carbocycles. The minimum Gasteiger partial charge on any atom is -0.376 e. The fraction of sp³-hybridized carbons (Fsp3) is 0.333. The number of hydrogen-bond acceptors (Lipinski definition) is 4. The minimum absolute atomic E-state index is 0.569. The lowest BCUT2D eigenvalue weighted by molar-refractivity contribution is 0.378. The molecular formula is C27H35N5. The van der Waals surface area contributed by atoms with Gasteiger partial charge in [0, 0.05) is 48.5 Å². The highest BCUT2D eigenvalue weighted by Crippen LogP contribution is 2.19. The summed E-state index contributed by atoms with van der Waals surface area (Å²) in [5, 5.41) is 4.83. The second-order valence-electron chi connectivity index (χ2n) is 8.18. The second kappa shape index (κ2) is 12.6. The number of fused-ring (bicyclic) bond motifs is 1. The highest BCUT2D eigenvalue weighted by Gasteiger charge is 2.12. The van der Waals surface area contributed by atoms with E-state index in [4.69, 9.17) is 4.99 Å². The van der Waals surface area contributed by atoms with Crippen molar-refractivity contribution in [2.75, 3.05) is 13.7 Å². The van der Waals surface area contributed by atoms with Gasteiger partial charge < -0.3 is 9.88 Å². The third-order valence-electron chi connectivity index (χ3n) is 5.78. The molecule has 1 saturated carbocycles. The lowest BCUT2D eigenvalue weighted by Gasteiger charge is -2.22. The van der Waals surface area contributed by atoms with Gasteiger partial charge in [0.15, 0.2) is 0 Å². The van der Waals surface area contributed by atoms with E-state index in [1.807, 2.05) is 18.3 Å². The predicted molar refractivity (Wildman–Crippen MR) is 138 cm³/mol. The maximum Gasteiger partial charge on any atom is 0.0894 e. The third-order valence-corrected chi connectivity index (χ3v) is 5.78. The number of aromatic amines is 1. The Balaban J connectivity index is 1.70. The number of allylic oxidation sites excluding steroid dienone is 5. The average molecular weight is 430 g/mol. The Bertz CT molecular complexity index is 1000. The van der Waals surface area contributed by atoms with Gasteiger partial charge in [0.1, 0.15) is 0 Å². The molecule has 32 heavy (non-hydrogen) atoms. The van der Waals surface area contributed by atoms with E-state index < -0.39 is 0 Å². The number of rotatable bonds is 11. The van der Waals surface area contributed by atoms with Gasteiger partial charge in [0.2, 0.25) is 0 Å². The summed E-state index contributed by atoms with van der Waals surface area (Å²) in [6.07, 6.45) is 19.9. The van der Waals surface area contributed by atoms with E-state index in [0.29, 0.717) is 12.7 Å². The Hall–Kier alpha value is -3.18. The van der Waals surface area contributed by atoms with Crippen LogP contribution in [0, 0.1) is 0 Å². The molecule has 168 valence electrons. The monoisotopic (exact) mass is 429 g/mol. The summed E-state index contributed by atoms with van der Waals surface area (Å²) in [6.45, 7) is 8.84. The van der Waals surface area contributed by atoms with Crippen LogP contribution in [0.4, 0.5) is 0 Å². The summed E-state index contributed by atoms with van der Waals surface area (Å²) >= 11 is 0. The van der Waals surface area contributed by atoms with Gasteiger partial charge in [-0.05, 0) is 55.6 Å². The molecule has 0 atom stereocenters. The van der Waals surface area contributed by atoms with Crippen molar-refractivity contribution in [1.82, 2.24) is 15.2 Å². The standard InChI is InChI=1S/C27H35N5/c1-4-9-22(26(15-17-28-2)31-21-30-24-11-6-5-7-12-24)16-19-32(3)20-23-10-8-13-27-25(23)14-18-29-27/h4,8-10,13-19,24,29-30H,1-2,5-7,11-12,20-21H2,3H3/b17-15-,19-16-,22-9+,31-26?. The molecule has 0 aliphatic heterocycles. The van der Waals surface area contributed by atoms with Crippen molar-refractivity contribution in [3.05, 3.63) is 84.9 Å². The predicted octanol–water partition coefficient (Wildman–Crippen LogP) is 5.76. The molecule has 0 spiro atoms. The number of hydrogen-bond donors (Lipinski definition) is 2. The molecule has 1 heterocycles. The molecule has 0 bridgehead atoms. The molecule has 2 N–H and O–H groups in total. The number of benzene rings is 1. The first kappa shape index (κ1) is 23.5. The van der Waals surface area contributed by atoms with E-state index in [1.165, 1.54) is 43.1 Å². The molecule has 0 amide bonds. The Morgan fingerprint density at radius 3 is 2.84 bits per heavy atom. The molecule has 2 aromatic rings. The molecule has 1 aromatic heterocycles. The van der Waals surface area contributed by atoms with E-state index in [2.05, 4.69) is 77.1 Å². The Morgan fingerprint density at radius 1 is 1.22 bits per heavy atom. The number of aromatic nitrogens is 1. The van der Waals surface area contributed by atoms with Crippen LogP contribution in [0.2, 0.25) is 0 Å². The lowest BCUT2D eigenvalue weighted by Crippen LogP contribution is -2.31. The van der Waals surface area contributed by atoms with E-state index in [9.17, 15) is 0 Å². The summed E-state index contributed by atoms with van der Waals surface area (Å²) in [4.78, 5) is 14.1. The summed E-state index contributed by atoms with van der Waals surface area (Å²) < 4.78 is 0. The molecule has 1 aromatic carbocycles. The molecular weight excluding hydrogens is 394 g/mol. The van der Waals surface area contributed by atoms with Crippen molar-refractivity contribution in [2.45, 2.75) is 44.7 Å². The Morgan fingerprint density at radius 2 is 2.06 bits per heavy atom. The molecule has 1 aliphatic rings. The zero-order chi connectivity index (χ0) is 22.6. The largest absolute Gasteiger partial charge is 0.376 e. The van der Waals surface area contributed by atoms with Gasteiger partial charge in [-0.3, -0.25) is 15.3 Å². The first-order valence-electron chi connectivity index (χ1n) is 11.4. The zero-order valence-electron chi connectivity index (χ0n) is 19.1. The lowest BCUT2D eigenvalue weighted by atomic mass is 9.96. The van der Waals surface area contributed by atoms with Crippen molar-refractivity contribution < 1.29 is 0 Å². The van der Waals surface area contributed by atoms with Crippen molar-refractivity contribution in [1.29, 1.82) is 0 Å². The van der Waals surface area contributed by atoms with Crippen molar-refractivity contribution >= 4 is 23.3 Å². The minimum atomic E-state index is 0.569. The zero-order valence-corrected chi connectivity index (χ0v) is 19.1. The van der Waals surface area contributed by atoms with E-state index in [-0.39, 0.29) is 0 Å². The number of nitrogens with zero attached hydrogens (tertiary/aromatic N) is 3. The average Bonchev–Trinajstić information content (AvgIpc) is 3.30. The first-order valence-corrected chi connectivity index (χ1v) is 11.4. The fourth-order valence-corrected chi connectivity index (χ4v) is 4.10. The highest BCUT2D eigenvalue weighted by atomic mass is 15.1.